The Hall–Kier alpha value is -2.34. The molecule has 2 aromatic heterocycles. The summed E-state index contributed by atoms with van der Waals surface area (Å²) in [6.45, 7) is 2.81. The topological polar surface area (TPSA) is 37.9 Å². The van der Waals surface area contributed by atoms with Gasteiger partial charge < -0.3 is 9.72 Å². The zero-order valence-corrected chi connectivity index (χ0v) is 13.0. The van der Waals surface area contributed by atoms with Crippen LogP contribution < -0.4 is 0 Å². The number of nitrogens with one attached hydrogen (secondary N) is 1. The molecule has 0 saturated carbocycles. The monoisotopic (exact) mass is 332 g/mol. The number of H-pyrrole nitrogens is 1. The average Bonchev–Trinajstić information content (AvgIpc) is 2.99. The van der Waals surface area contributed by atoms with Crippen LogP contribution in [0.25, 0.3) is 27.4 Å². The van der Waals surface area contributed by atoms with E-state index in [2.05, 4.69) is 9.97 Å². The Morgan fingerprint density at radius 3 is 2.75 bits per heavy atom. The highest BCUT2D eigenvalue weighted by Gasteiger charge is 2.33. The minimum Gasteiger partial charge on any atom is -0.377 e. The van der Waals surface area contributed by atoms with Crippen LogP contribution in [0.1, 0.15) is 23.4 Å². The van der Waals surface area contributed by atoms with Crippen molar-refractivity contribution in [1.29, 1.82) is 0 Å². The Balaban J connectivity index is 1.99. The van der Waals surface area contributed by atoms with Gasteiger partial charge in [-0.3, -0.25) is 0 Å². The van der Waals surface area contributed by atoms with E-state index >= 15 is 0 Å². The fraction of sp³-hybridized carbons (Fsp3) is 0.278. The Morgan fingerprint density at radius 1 is 1.21 bits per heavy atom. The van der Waals surface area contributed by atoms with Gasteiger partial charge in [-0.1, -0.05) is 18.2 Å². The third-order valence-electron chi connectivity index (χ3n) is 4.30. The molecule has 6 heteroatoms. The van der Waals surface area contributed by atoms with Crippen LogP contribution in [0, 0.1) is 6.92 Å². The van der Waals surface area contributed by atoms with Crippen molar-refractivity contribution in [1.82, 2.24) is 9.97 Å². The summed E-state index contributed by atoms with van der Waals surface area (Å²) >= 11 is 0. The SMILES string of the molecule is Cc1cc(C(F)(F)F)c2ccc3cc(C4=CCOCC4)nc3c2[nH]1. The number of aryl methyl sites for hydroxylation is 1. The molecule has 3 aromatic rings. The number of benzene rings is 1. The zero-order valence-electron chi connectivity index (χ0n) is 13.0. The van der Waals surface area contributed by atoms with Crippen molar-refractivity contribution in [2.24, 2.45) is 0 Å². The third-order valence-corrected chi connectivity index (χ3v) is 4.30. The van der Waals surface area contributed by atoms with Crippen molar-refractivity contribution in [3.8, 4) is 0 Å². The van der Waals surface area contributed by atoms with Gasteiger partial charge in [0.2, 0.25) is 0 Å². The number of aromatic nitrogens is 2. The van der Waals surface area contributed by atoms with Crippen molar-refractivity contribution in [2.75, 3.05) is 13.2 Å². The number of ether oxygens (including phenoxy) is 1. The molecular formula is C18H15F3N2O. The maximum atomic E-state index is 13.3. The quantitative estimate of drug-likeness (QED) is 0.692. The van der Waals surface area contributed by atoms with Gasteiger partial charge >= 0.3 is 6.18 Å². The van der Waals surface area contributed by atoms with Crippen molar-refractivity contribution in [3.05, 3.63) is 47.3 Å². The highest BCUT2D eigenvalue weighted by atomic mass is 19.4. The number of hydrogen-bond donors (Lipinski definition) is 1. The molecule has 1 aromatic carbocycles. The zero-order chi connectivity index (χ0) is 16.9. The van der Waals surface area contributed by atoms with E-state index in [9.17, 15) is 13.2 Å². The summed E-state index contributed by atoms with van der Waals surface area (Å²) in [6.07, 6.45) is -1.66. The van der Waals surface area contributed by atoms with E-state index in [1.54, 1.807) is 13.0 Å². The molecule has 0 aliphatic carbocycles. The van der Waals surface area contributed by atoms with Crippen molar-refractivity contribution < 1.29 is 17.9 Å². The lowest BCUT2D eigenvalue weighted by molar-refractivity contribution is -0.136. The highest BCUT2D eigenvalue weighted by molar-refractivity contribution is 6.05. The molecule has 1 aliphatic heterocycles. The maximum Gasteiger partial charge on any atom is 0.417 e. The van der Waals surface area contributed by atoms with Crippen molar-refractivity contribution >= 4 is 27.4 Å². The molecule has 0 spiro atoms. The molecule has 0 amide bonds. The van der Waals surface area contributed by atoms with Crippen LogP contribution in [0.2, 0.25) is 0 Å². The first-order chi connectivity index (χ1) is 11.4. The molecule has 0 atom stereocenters. The fourth-order valence-corrected chi connectivity index (χ4v) is 3.18. The molecule has 1 N–H and O–H groups in total. The number of hydrogen-bond acceptors (Lipinski definition) is 2. The third kappa shape index (κ3) is 2.47. The molecular weight excluding hydrogens is 317 g/mol. The van der Waals surface area contributed by atoms with Gasteiger partial charge in [-0.2, -0.15) is 13.2 Å². The van der Waals surface area contributed by atoms with Gasteiger partial charge in [-0.25, -0.2) is 4.98 Å². The van der Waals surface area contributed by atoms with E-state index < -0.39 is 11.7 Å². The first-order valence-corrected chi connectivity index (χ1v) is 7.71. The summed E-state index contributed by atoms with van der Waals surface area (Å²) in [5.74, 6) is 0. The number of nitrogens with zero attached hydrogens (tertiary/aromatic N) is 1. The van der Waals surface area contributed by atoms with Gasteiger partial charge in [-0.05, 0) is 31.1 Å². The van der Waals surface area contributed by atoms with E-state index in [0.717, 1.165) is 29.1 Å². The van der Waals surface area contributed by atoms with Gasteiger partial charge in [0.1, 0.15) is 0 Å². The van der Waals surface area contributed by atoms with E-state index in [0.29, 0.717) is 29.9 Å². The van der Waals surface area contributed by atoms with Gasteiger partial charge in [0.25, 0.3) is 0 Å². The molecule has 4 rings (SSSR count). The standard InChI is InChI=1S/C18H15F3N2O/c1-10-8-14(18(19,20)21)13-3-2-12-9-15(11-4-6-24-7-5-11)23-16(12)17(13)22-10/h2-4,8-9,22H,5-7H2,1H3. The van der Waals surface area contributed by atoms with Crippen LogP contribution in [0.3, 0.4) is 0 Å². The molecule has 0 saturated heterocycles. The van der Waals surface area contributed by atoms with Gasteiger partial charge in [0, 0.05) is 16.5 Å². The number of fused-ring (bicyclic) bond motifs is 3. The average molecular weight is 332 g/mol. The summed E-state index contributed by atoms with van der Waals surface area (Å²) in [7, 11) is 0. The van der Waals surface area contributed by atoms with Crippen LogP contribution in [-0.4, -0.2) is 23.2 Å². The minimum absolute atomic E-state index is 0.145. The van der Waals surface area contributed by atoms with Gasteiger partial charge in [-0.15, -0.1) is 0 Å². The molecule has 0 bridgehead atoms. The number of alkyl halides is 3. The number of aromatic amines is 1. The molecule has 3 heterocycles. The Labute approximate surface area is 136 Å². The summed E-state index contributed by atoms with van der Waals surface area (Å²) in [4.78, 5) is 7.66. The van der Waals surface area contributed by atoms with Crippen LogP contribution in [-0.2, 0) is 10.9 Å². The van der Waals surface area contributed by atoms with Crippen molar-refractivity contribution in [3.63, 3.8) is 0 Å². The second kappa shape index (κ2) is 5.34. The normalized spacial score (nSPS) is 15.9. The molecule has 3 nitrogen and oxygen atoms in total. The van der Waals surface area contributed by atoms with Gasteiger partial charge in [0.15, 0.2) is 0 Å². The first-order valence-electron chi connectivity index (χ1n) is 7.71. The van der Waals surface area contributed by atoms with Crippen LogP contribution in [0.5, 0.6) is 0 Å². The molecule has 1 aliphatic rings. The summed E-state index contributed by atoms with van der Waals surface area (Å²) in [5.41, 5.74) is 2.71. The maximum absolute atomic E-state index is 13.3. The van der Waals surface area contributed by atoms with E-state index in [1.807, 2.05) is 12.1 Å². The summed E-state index contributed by atoms with van der Waals surface area (Å²) in [5, 5.41) is 0.978. The van der Waals surface area contributed by atoms with Gasteiger partial charge in [0.05, 0.1) is 35.5 Å². The first kappa shape index (κ1) is 15.2. The molecule has 124 valence electrons. The van der Waals surface area contributed by atoms with Crippen LogP contribution in [0.15, 0.2) is 30.3 Å². The van der Waals surface area contributed by atoms with Crippen LogP contribution >= 0.6 is 0 Å². The minimum atomic E-state index is -4.40. The molecule has 24 heavy (non-hydrogen) atoms. The number of halogens is 3. The molecule has 0 radical (unpaired) electrons. The predicted octanol–water partition coefficient (Wildman–Crippen LogP) is 4.85. The Morgan fingerprint density at radius 2 is 2.04 bits per heavy atom. The van der Waals surface area contributed by atoms with E-state index in [1.165, 1.54) is 6.07 Å². The second-order valence-corrected chi connectivity index (χ2v) is 5.99. The van der Waals surface area contributed by atoms with Crippen LogP contribution in [0.4, 0.5) is 13.2 Å². The number of rotatable bonds is 1. The lowest BCUT2D eigenvalue weighted by Crippen LogP contribution is -2.07. The van der Waals surface area contributed by atoms with E-state index in [4.69, 9.17) is 4.74 Å². The summed E-state index contributed by atoms with van der Waals surface area (Å²) < 4.78 is 45.3. The van der Waals surface area contributed by atoms with E-state index in [-0.39, 0.29) is 5.39 Å². The molecule has 0 fully saturated rings. The predicted molar refractivity (Wildman–Crippen MR) is 86.8 cm³/mol. The Bertz CT molecular complexity index is 970. The fourth-order valence-electron chi connectivity index (χ4n) is 3.18. The molecule has 0 unspecified atom stereocenters. The largest absolute Gasteiger partial charge is 0.417 e. The summed E-state index contributed by atoms with van der Waals surface area (Å²) in [6, 6.07) is 6.28. The van der Waals surface area contributed by atoms with Crippen molar-refractivity contribution in [2.45, 2.75) is 19.5 Å². The smallest absolute Gasteiger partial charge is 0.377 e. The second-order valence-electron chi connectivity index (χ2n) is 5.99. The lowest BCUT2D eigenvalue weighted by Gasteiger charge is -2.12. The Kier molecular flexibility index (Phi) is 3.38. The highest BCUT2D eigenvalue weighted by Crippen LogP contribution is 2.37. The lowest BCUT2D eigenvalue weighted by atomic mass is 10.0. The number of pyridine rings is 1.